The molecule has 0 fully saturated rings. The second kappa shape index (κ2) is 45.4. The van der Waals surface area contributed by atoms with Gasteiger partial charge in [0.2, 0.25) is 5.75 Å². The second-order valence-corrected chi connectivity index (χ2v) is 22.7. The van der Waals surface area contributed by atoms with Crippen molar-refractivity contribution in [3.8, 4) is 50.9 Å². The predicted octanol–water partition coefficient (Wildman–Crippen LogP) is 22.5. The summed E-state index contributed by atoms with van der Waals surface area (Å²) < 4.78 is 25.8. The predicted molar refractivity (Wildman–Crippen MR) is 332 cm³/mol. The number of aromatic nitrogens is 2. The van der Waals surface area contributed by atoms with Crippen LogP contribution in [0.1, 0.15) is 295 Å². The molecule has 4 rings (SSSR count). The Kier molecular flexibility index (Phi) is 38.4. The van der Waals surface area contributed by atoms with Crippen LogP contribution in [0, 0.1) is 0 Å². The lowest BCUT2D eigenvalue weighted by Gasteiger charge is -2.19. The third kappa shape index (κ3) is 29.7. The fraction of sp³-hybridized carbons (Fsp3) is 0.676. The van der Waals surface area contributed by atoms with Crippen molar-refractivity contribution in [2.75, 3.05) is 26.4 Å². The van der Waals surface area contributed by atoms with E-state index in [1.165, 1.54) is 225 Å². The van der Waals surface area contributed by atoms with Gasteiger partial charge in [0.25, 0.3) is 0 Å². The molecule has 2 heterocycles. The van der Waals surface area contributed by atoms with E-state index in [1.54, 1.807) is 6.20 Å². The molecule has 0 bridgehead atoms. The normalized spacial score (nSPS) is 11.3. The Morgan fingerprint density at radius 3 is 1.04 bits per heavy atom. The molecule has 78 heavy (non-hydrogen) atoms. The van der Waals surface area contributed by atoms with Crippen LogP contribution in [-0.4, -0.2) is 42.4 Å². The van der Waals surface area contributed by atoms with E-state index in [9.17, 15) is 4.79 Å². The first-order valence-corrected chi connectivity index (χ1v) is 32.8. The average Bonchev–Trinajstić information content (AvgIpc) is 3.47. The van der Waals surface area contributed by atoms with Crippen molar-refractivity contribution in [1.82, 2.24) is 9.97 Å². The fourth-order valence-electron chi connectivity index (χ4n) is 10.5. The van der Waals surface area contributed by atoms with Crippen LogP contribution < -0.4 is 14.2 Å². The van der Waals surface area contributed by atoms with E-state index in [-0.39, 0.29) is 5.97 Å². The van der Waals surface area contributed by atoms with Crippen LogP contribution in [0.25, 0.3) is 33.6 Å². The third-order valence-corrected chi connectivity index (χ3v) is 15.6. The molecule has 0 amide bonds. The molecule has 0 aliphatic heterocycles. The first kappa shape index (κ1) is 66.1. The van der Waals surface area contributed by atoms with Crippen LogP contribution in [0.5, 0.6) is 17.2 Å². The van der Waals surface area contributed by atoms with Crippen molar-refractivity contribution < 1.29 is 23.7 Å². The van der Waals surface area contributed by atoms with E-state index in [2.05, 4.69) is 75.1 Å². The topological polar surface area (TPSA) is 79.8 Å². The van der Waals surface area contributed by atoms with Gasteiger partial charge in [0.05, 0.1) is 43.4 Å². The SMILES string of the molecule is CCCCCCCCCCCCOC(=O)c1ccc(-c2cccc(-c3ccc(-c4cc(OCCCCCCCCCCCC)c(OCCCCCCCCCCCC)c(OCCCCCCCCCCCC)c4)cn3)c2)nc1. The molecule has 436 valence electrons. The Labute approximate surface area is 478 Å². The first-order valence-electron chi connectivity index (χ1n) is 32.8. The lowest BCUT2D eigenvalue weighted by molar-refractivity contribution is 0.0497. The molecule has 0 aliphatic rings. The first-order chi connectivity index (χ1) is 38.6. The number of benzene rings is 2. The summed E-state index contributed by atoms with van der Waals surface area (Å²) in [5.41, 5.74) is 6.12. The van der Waals surface area contributed by atoms with Gasteiger partial charge in [-0.1, -0.05) is 283 Å². The standard InChI is InChI=1S/C71H112N2O5/c1-5-9-13-17-21-25-29-33-37-41-52-75-68-57-65(58-69(76-53-42-38-34-30-26-22-18-14-10-6-2)70(68)77-54-43-39-35-31-27-23-19-15-11-7-3)63-48-50-66(72-59-63)61-46-45-47-62(56-61)67-51-49-64(60-73-67)71(74)78-55-44-40-36-32-28-24-20-16-12-8-4/h45-51,56-60H,5-44,52-55H2,1-4H3. The summed E-state index contributed by atoms with van der Waals surface area (Å²) in [6.45, 7) is 11.5. The van der Waals surface area contributed by atoms with Crippen molar-refractivity contribution in [2.24, 2.45) is 0 Å². The quantitative estimate of drug-likeness (QED) is 0.0322. The van der Waals surface area contributed by atoms with Crippen LogP contribution >= 0.6 is 0 Å². The zero-order valence-electron chi connectivity index (χ0n) is 50.5. The molecule has 0 spiro atoms. The molecular formula is C71H112N2O5. The van der Waals surface area contributed by atoms with Crippen molar-refractivity contribution in [3.63, 3.8) is 0 Å². The van der Waals surface area contributed by atoms with E-state index in [0.717, 1.165) is 83.0 Å². The minimum absolute atomic E-state index is 0.310. The number of hydrogen-bond acceptors (Lipinski definition) is 7. The molecule has 0 saturated carbocycles. The van der Waals surface area contributed by atoms with Crippen LogP contribution in [0.3, 0.4) is 0 Å². The monoisotopic (exact) mass is 1070 g/mol. The molecule has 0 atom stereocenters. The van der Waals surface area contributed by atoms with Gasteiger partial charge in [-0.25, -0.2) is 4.79 Å². The fourth-order valence-corrected chi connectivity index (χ4v) is 10.5. The highest BCUT2D eigenvalue weighted by Crippen LogP contribution is 2.43. The maximum absolute atomic E-state index is 12.9. The molecule has 4 aromatic rings. The Balaban J connectivity index is 1.42. The summed E-state index contributed by atoms with van der Waals surface area (Å²) >= 11 is 0. The van der Waals surface area contributed by atoms with Crippen LogP contribution in [0.4, 0.5) is 0 Å². The van der Waals surface area contributed by atoms with Gasteiger partial charge in [-0.05, 0) is 67.6 Å². The molecule has 0 aliphatic carbocycles. The molecule has 0 radical (unpaired) electrons. The number of nitrogens with zero attached hydrogens (tertiary/aromatic N) is 2. The van der Waals surface area contributed by atoms with Gasteiger partial charge in [0.15, 0.2) is 11.5 Å². The zero-order chi connectivity index (χ0) is 55.2. The van der Waals surface area contributed by atoms with Gasteiger partial charge >= 0.3 is 5.97 Å². The summed E-state index contributed by atoms with van der Waals surface area (Å²) in [5.74, 6) is 1.98. The summed E-state index contributed by atoms with van der Waals surface area (Å²) in [6, 6.07) is 20.6. The Bertz CT molecular complexity index is 2000. The highest BCUT2D eigenvalue weighted by Gasteiger charge is 2.18. The van der Waals surface area contributed by atoms with Crippen molar-refractivity contribution >= 4 is 5.97 Å². The molecule has 2 aromatic heterocycles. The van der Waals surface area contributed by atoms with Crippen LogP contribution in [0.2, 0.25) is 0 Å². The number of pyridine rings is 2. The summed E-state index contributed by atoms with van der Waals surface area (Å²) in [5, 5.41) is 0. The number of esters is 1. The minimum atomic E-state index is -0.310. The Morgan fingerprint density at radius 1 is 0.333 bits per heavy atom. The van der Waals surface area contributed by atoms with E-state index in [0.29, 0.717) is 32.0 Å². The average molecular weight is 1070 g/mol. The third-order valence-electron chi connectivity index (χ3n) is 15.6. The summed E-state index contributed by atoms with van der Waals surface area (Å²) in [6.07, 6.45) is 54.7. The highest BCUT2D eigenvalue weighted by atomic mass is 16.5. The maximum atomic E-state index is 12.9. The van der Waals surface area contributed by atoms with E-state index >= 15 is 0 Å². The number of ether oxygens (including phenoxy) is 4. The van der Waals surface area contributed by atoms with Gasteiger partial charge in [-0.2, -0.15) is 0 Å². The van der Waals surface area contributed by atoms with E-state index < -0.39 is 0 Å². The van der Waals surface area contributed by atoms with Crippen molar-refractivity contribution in [3.05, 3.63) is 78.6 Å². The molecular weight excluding hydrogens is 961 g/mol. The van der Waals surface area contributed by atoms with Gasteiger partial charge in [-0.3, -0.25) is 9.97 Å². The van der Waals surface area contributed by atoms with Gasteiger partial charge in [0.1, 0.15) is 0 Å². The lowest BCUT2D eigenvalue weighted by atomic mass is 10.0. The van der Waals surface area contributed by atoms with E-state index in [4.69, 9.17) is 23.9 Å². The number of carbonyl (C=O) groups is 1. The van der Waals surface area contributed by atoms with Crippen molar-refractivity contribution in [1.29, 1.82) is 0 Å². The molecule has 7 heteroatoms. The molecule has 0 saturated heterocycles. The Hall–Kier alpha value is -4.39. The van der Waals surface area contributed by atoms with E-state index in [1.807, 2.05) is 24.4 Å². The smallest absolute Gasteiger partial charge is 0.339 e. The summed E-state index contributed by atoms with van der Waals surface area (Å²) in [4.78, 5) is 22.6. The van der Waals surface area contributed by atoms with Gasteiger partial charge in [-0.15, -0.1) is 0 Å². The number of hydrogen-bond donors (Lipinski definition) is 0. The largest absolute Gasteiger partial charge is 0.490 e. The summed E-state index contributed by atoms with van der Waals surface area (Å²) in [7, 11) is 0. The maximum Gasteiger partial charge on any atom is 0.339 e. The van der Waals surface area contributed by atoms with Gasteiger partial charge in [0, 0.05) is 29.1 Å². The highest BCUT2D eigenvalue weighted by molar-refractivity contribution is 5.89. The Morgan fingerprint density at radius 2 is 0.679 bits per heavy atom. The molecule has 0 N–H and O–H groups in total. The van der Waals surface area contributed by atoms with Crippen LogP contribution in [-0.2, 0) is 4.74 Å². The lowest BCUT2D eigenvalue weighted by Crippen LogP contribution is -2.07. The minimum Gasteiger partial charge on any atom is -0.490 e. The molecule has 7 nitrogen and oxygen atoms in total. The number of rotatable bonds is 51. The molecule has 2 aromatic carbocycles. The number of carbonyl (C=O) groups excluding carboxylic acids is 1. The second-order valence-electron chi connectivity index (χ2n) is 22.7. The zero-order valence-corrected chi connectivity index (χ0v) is 50.5. The molecule has 0 unspecified atom stereocenters. The van der Waals surface area contributed by atoms with Crippen molar-refractivity contribution in [2.45, 2.75) is 285 Å². The number of unbranched alkanes of at least 4 members (excludes halogenated alkanes) is 36. The van der Waals surface area contributed by atoms with Crippen LogP contribution in [0.15, 0.2) is 73.1 Å². The van der Waals surface area contributed by atoms with Gasteiger partial charge < -0.3 is 18.9 Å².